The summed E-state index contributed by atoms with van der Waals surface area (Å²) >= 11 is 0. The molecule has 0 aromatic carbocycles. The zero-order valence-corrected chi connectivity index (χ0v) is 20.5. The van der Waals surface area contributed by atoms with Crippen molar-refractivity contribution in [2.45, 2.75) is 96.4 Å². The first kappa shape index (κ1) is 23.2. The molecule has 33 heavy (non-hydrogen) atoms. The molecule has 6 heteroatoms. The molecule has 3 amide bonds. The van der Waals surface area contributed by atoms with E-state index < -0.39 is 0 Å². The predicted octanol–water partition coefficient (Wildman–Crippen LogP) is 3.74. The van der Waals surface area contributed by atoms with Crippen LogP contribution in [0.5, 0.6) is 0 Å². The van der Waals surface area contributed by atoms with E-state index >= 15 is 0 Å². The summed E-state index contributed by atoms with van der Waals surface area (Å²) in [6.45, 7) is 4.90. The first-order valence-electron chi connectivity index (χ1n) is 13.8. The van der Waals surface area contributed by atoms with Crippen LogP contribution < -0.4 is 5.32 Å². The summed E-state index contributed by atoms with van der Waals surface area (Å²) < 4.78 is 0. The number of piperazine rings is 1. The monoisotopic (exact) mass is 457 g/mol. The van der Waals surface area contributed by atoms with Crippen LogP contribution in [0.25, 0.3) is 0 Å². The van der Waals surface area contributed by atoms with Gasteiger partial charge in [-0.3, -0.25) is 14.4 Å². The largest absolute Gasteiger partial charge is 0.353 e. The lowest BCUT2D eigenvalue weighted by Crippen LogP contribution is -2.56. The van der Waals surface area contributed by atoms with Gasteiger partial charge in [-0.2, -0.15) is 0 Å². The Labute approximate surface area is 199 Å². The van der Waals surface area contributed by atoms with E-state index in [2.05, 4.69) is 12.2 Å². The molecule has 0 radical (unpaired) electrons. The van der Waals surface area contributed by atoms with Crippen molar-refractivity contribution in [1.82, 2.24) is 15.1 Å². The lowest BCUT2D eigenvalue weighted by Gasteiger charge is -2.44. The van der Waals surface area contributed by atoms with Gasteiger partial charge in [-0.15, -0.1) is 0 Å². The SMILES string of the molecule is CC1(C(=O)N2CCN(C(=O)C3CCC(C4CCCC(NC(=O)C5CC5)C4)CC3)CC2)CCC1. The van der Waals surface area contributed by atoms with E-state index in [0.29, 0.717) is 67.7 Å². The second-order valence-corrected chi connectivity index (χ2v) is 12.0. The molecule has 5 fully saturated rings. The second-order valence-electron chi connectivity index (χ2n) is 12.0. The summed E-state index contributed by atoms with van der Waals surface area (Å²) in [6, 6.07) is 0.373. The molecular weight excluding hydrogens is 414 g/mol. The highest BCUT2D eigenvalue weighted by atomic mass is 16.2. The molecular formula is C27H43N3O3. The molecule has 4 aliphatic carbocycles. The van der Waals surface area contributed by atoms with Crippen molar-refractivity contribution >= 4 is 17.7 Å². The van der Waals surface area contributed by atoms with Crippen molar-refractivity contribution in [2.75, 3.05) is 26.2 Å². The zero-order valence-electron chi connectivity index (χ0n) is 20.5. The summed E-state index contributed by atoms with van der Waals surface area (Å²) in [5, 5.41) is 3.32. The average molecular weight is 458 g/mol. The normalized spacial score (nSPS) is 34.3. The molecule has 2 unspecified atom stereocenters. The quantitative estimate of drug-likeness (QED) is 0.684. The molecule has 0 bridgehead atoms. The predicted molar refractivity (Wildman–Crippen MR) is 127 cm³/mol. The number of carbonyl (C=O) groups is 3. The molecule has 184 valence electrons. The van der Waals surface area contributed by atoms with Crippen LogP contribution in [0.2, 0.25) is 0 Å². The zero-order chi connectivity index (χ0) is 23.0. The number of carbonyl (C=O) groups excluding carboxylic acids is 3. The van der Waals surface area contributed by atoms with E-state index in [4.69, 9.17) is 0 Å². The lowest BCUT2D eigenvalue weighted by molar-refractivity contribution is -0.151. The van der Waals surface area contributed by atoms with Gasteiger partial charge in [0.1, 0.15) is 0 Å². The fourth-order valence-electron chi connectivity index (χ4n) is 6.98. The molecule has 0 spiro atoms. The van der Waals surface area contributed by atoms with Crippen molar-refractivity contribution in [3.05, 3.63) is 0 Å². The number of rotatable bonds is 5. The van der Waals surface area contributed by atoms with Crippen molar-refractivity contribution in [3.8, 4) is 0 Å². The standard InChI is InChI=1S/C27H43N3O3/c1-27(12-3-13-27)26(33)30-16-14-29(15-17-30)25(32)21-10-6-19(7-11-21)22-4-2-5-23(18-22)28-24(31)20-8-9-20/h19-23H,2-18H2,1H3,(H,28,31). The van der Waals surface area contributed by atoms with Crippen LogP contribution in [0, 0.1) is 29.1 Å². The molecule has 1 heterocycles. The maximum atomic E-state index is 13.2. The van der Waals surface area contributed by atoms with Gasteiger partial charge in [0, 0.05) is 49.5 Å². The van der Waals surface area contributed by atoms with Gasteiger partial charge < -0.3 is 15.1 Å². The second kappa shape index (κ2) is 9.58. The molecule has 0 aromatic rings. The maximum absolute atomic E-state index is 13.2. The van der Waals surface area contributed by atoms with Gasteiger partial charge in [-0.25, -0.2) is 0 Å². The maximum Gasteiger partial charge on any atom is 0.228 e. The van der Waals surface area contributed by atoms with E-state index in [9.17, 15) is 14.4 Å². The fraction of sp³-hybridized carbons (Fsp3) is 0.889. The first-order valence-corrected chi connectivity index (χ1v) is 13.8. The third-order valence-corrected chi connectivity index (χ3v) is 9.65. The smallest absolute Gasteiger partial charge is 0.228 e. The number of amides is 3. The minimum Gasteiger partial charge on any atom is -0.353 e. The van der Waals surface area contributed by atoms with Crippen molar-refractivity contribution in [2.24, 2.45) is 29.1 Å². The fourth-order valence-corrected chi connectivity index (χ4v) is 6.98. The third kappa shape index (κ3) is 5.09. The third-order valence-electron chi connectivity index (χ3n) is 9.65. The number of hydrogen-bond acceptors (Lipinski definition) is 3. The van der Waals surface area contributed by atoms with Crippen LogP contribution in [0.4, 0.5) is 0 Å². The van der Waals surface area contributed by atoms with Crippen LogP contribution in [0.1, 0.15) is 90.4 Å². The first-order chi connectivity index (χ1) is 15.9. The van der Waals surface area contributed by atoms with Gasteiger partial charge in [-0.1, -0.05) is 26.2 Å². The van der Waals surface area contributed by atoms with Gasteiger partial charge in [-0.05, 0) is 76.0 Å². The average Bonchev–Trinajstić information content (AvgIpc) is 3.68. The Hall–Kier alpha value is -1.59. The van der Waals surface area contributed by atoms with Gasteiger partial charge in [0.2, 0.25) is 17.7 Å². The Kier molecular flexibility index (Phi) is 6.72. The Morgan fingerprint density at radius 1 is 0.727 bits per heavy atom. The molecule has 1 aliphatic heterocycles. The molecule has 2 atom stereocenters. The van der Waals surface area contributed by atoms with E-state index in [1.165, 1.54) is 19.3 Å². The topological polar surface area (TPSA) is 69.7 Å². The van der Waals surface area contributed by atoms with E-state index in [0.717, 1.165) is 64.2 Å². The highest BCUT2D eigenvalue weighted by molar-refractivity contribution is 5.84. The van der Waals surface area contributed by atoms with Gasteiger partial charge in [0.05, 0.1) is 0 Å². The molecule has 1 N–H and O–H groups in total. The molecule has 1 saturated heterocycles. The Morgan fingerprint density at radius 3 is 1.97 bits per heavy atom. The molecule has 6 nitrogen and oxygen atoms in total. The van der Waals surface area contributed by atoms with E-state index in [1.807, 2.05) is 9.80 Å². The Bertz CT molecular complexity index is 744. The van der Waals surface area contributed by atoms with Crippen molar-refractivity contribution in [3.63, 3.8) is 0 Å². The summed E-state index contributed by atoms with van der Waals surface area (Å²) in [5.41, 5.74) is -0.136. The minimum absolute atomic E-state index is 0.136. The molecule has 4 saturated carbocycles. The number of nitrogens with zero attached hydrogens (tertiary/aromatic N) is 2. The van der Waals surface area contributed by atoms with Gasteiger partial charge in [0.25, 0.3) is 0 Å². The summed E-state index contributed by atoms with van der Waals surface area (Å²) in [7, 11) is 0. The van der Waals surface area contributed by atoms with Gasteiger partial charge >= 0.3 is 0 Å². The van der Waals surface area contributed by atoms with Crippen LogP contribution in [-0.4, -0.2) is 59.7 Å². The number of hydrogen-bond donors (Lipinski definition) is 1. The van der Waals surface area contributed by atoms with Crippen LogP contribution in [-0.2, 0) is 14.4 Å². The van der Waals surface area contributed by atoms with Crippen molar-refractivity contribution in [1.29, 1.82) is 0 Å². The molecule has 5 rings (SSSR count). The Morgan fingerprint density at radius 2 is 1.36 bits per heavy atom. The molecule has 0 aromatic heterocycles. The van der Waals surface area contributed by atoms with Crippen LogP contribution in [0.15, 0.2) is 0 Å². The Balaban J connectivity index is 1.05. The lowest BCUT2D eigenvalue weighted by atomic mass is 9.69. The molecule has 5 aliphatic rings. The van der Waals surface area contributed by atoms with Crippen molar-refractivity contribution < 1.29 is 14.4 Å². The minimum atomic E-state index is -0.136. The summed E-state index contributed by atoms with van der Waals surface area (Å²) in [5.74, 6) is 2.82. The van der Waals surface area contributed by atoms with E-state index in [1.54, 1.807) is 0 Å². The summed E-state index contributed by atoms with van der Waals surface area (Å²) in [4.78, 5) is 42.2. The number of nitrogens with one attached hydrogen (secondary N) is 1. The van der Waals surface area contributed by atoms with Crippen LogP contribution >= 0.6 is 0 Å². The summed E-state index contributed by atoms with van der Waals surface area (Å²) in [6.07, 6.45) is 14.5. The highest BCUT2D eigenvalue weighted by Gasteiger charge is 2.43. The van der Waals surface area contributed by atoms with E-state index in [-0.39, 0.29) is 11.3 Å². The van der Waals surface area contributed by atoms with Gasteiger partial charge in [0.15, 0.2) is 0 Å². The van der Waals surface area contributed by atoms with Crippen LogP contribution in [0.3, 0.4) is 0 Å². The highest BCUT2D eigenvalue weighted by Crippen LogP contribution is 2.43.